The number of sulfonamides is 1. The Morgan fingerprint density at radius 2 is 1.70 bits per heavy atom. The van der Waals surface area contributed by atoms with Crippen molar-refractivity contribution >= 4 is 33.5 Å². The third kappa shape index (κ3) is 12.6. The van der Waals surface area contributed by atoms with E-state index in [4.69, 9.17) is 4.74 Å². The zero-order chi connectivity index (χ0) is 47.4. The number of carbonyl (C=O) groups excluding carboxylic acids is 2. The van der Waals surface area contributed by atoms with E-state index in [0.717, 1.165) is 75.9 Å². The van der Waals surface area contributed by atoms with E-state index in [9.17, 15) is 36.3 Å². The molecule has 0 radical (unpaired) electrons. The summed E-state index contributed by atoms with van der Waals surface area (Å²) < 4.78 is 78.5. The standard InChI is InChI=1S/C45H61F3N12O6S/c1-43(2,63)31-59-28-33(26-50-59)40-38(45(46,47)48)27-49-42(53-40)51-34-9-15-60(16-10-34)67(64,65)24-4-23-66-30-35-29-58(55-54-35)22-21-56-17-11-44(12-18-56)13-19-57(20-14-44)36-6-3-5-32(25-36)37-7-8-39(61)52-41(37)62/h3,5-6,25-29,34,37,63H,4,7-24,30-31H2,1-2H3,(H,49,51,53)(H,52,61,62). The van der Waals surface area contributed by atoms with Gasteiger partial charge in [0.15, 0.2) is 0 Å². The molecule has 4 aliphatic heterocycles. The zero-order valence-electron chi connectivity index (χ0n) is 38.1. The number of aliphatic hydroxyl groups is 1. The van der Waals surface area contributed by atoms with Gasteiger partial charge >= 0.3 is 6.18 Å². The Morgan fingerprint density at radius 1 is 0.955 bits per heavy atom. The van der Waals surface area contributed by atoms with Gasteiger partial charge in [-0.1, -0.05) is 17.3 Å². The molecule has 1 atom stereocenters. The number of imide groups is 1. The Balaban J connectivity index is 0.709. The van der Waals surface area contributed by atoms with Crippen molar-refractivity contribution in [2.45, 2.75) is 115 Å². The molecule has 22 heteroatoms. The molecule has 67 heavy (non-hydrogen) atoms. The van der Waals surface area contributed by atoms with Gasteiger partial charge in [0, 0.05) is 75.4 Å². The average molecular weight is 955 g/mol. The number of hydrogen-bond donors (Lipinski definition) is 3. The van der Waals surface area contributed by atoms with Gasteiger partial charge in [-0.2, -0.15) is 18.3 Å². The summed E-state index contributed by atoms with van der Waals surface area (Å²) in [5.41, 5.74) is 0.774. The van der Waals surface area contributed by atoms with Crippen molar-refractivity contribution in [3.63, 3.8) is 0 Å². The average Bonchev–Trinajstić information content (AvgIpc) is 3.95. The first-order chi connectivity index (χ1) is 31.9. The molecule has 0 aliphatic carbocycles. The van der Waals surface area contributed by atoms with Crippen molar-refractivity contribution in [3.05, 3.63) is 65.9 Å². The summed E-state index contributed by atoms with van der Waals surface area (Å²) in [7, 11) is -3.56. The van der Waals surface area contributed by atoms with Crippen LogP contribution in [-0.4, -0.2) is 139 Å². The highest BCUT2D eigenvalue weighted by Gasteiger charge is 2.39. The van der Waals surface area contributed by atoms with E-state index >= 15 is 0 Å². The van der Waals surface area contributed by atoms with Crippen molar-refractivity contribution < 1.29 is 41.0 Å². The fourth-order valence-corrected chi connectivity index (χ4v) is 11.2. The van der Waals surface area contributed by atoms with E-state index in [0.29, 0.717) is 49.8 Å². The number of benzene rings is 1. The van der Waals surface area contributed by atoms with Crippen molar-refractivity contribution in [2.24, 2.45) is 5.41 Å². The Kier molecular flexibility index (Phi) is 14.7. The summed E-state index contributed by atoms with van der Waals surface area (Å²) in [6.07, 6.45) is 7.19. The number of anilines is 2. The molecule has 2 amide bonds. The molecule has 4 fully saturated rings. The number of likely N-dealkylation sites (tertiary alicyclic amines) is 1. The van der Waals surface area contributed by atoms with Gasteiger partial charge in [-0.05, 0) is 101 Å². The lowest BCUT2D eigenvalue weighted by Crippen LogP contribution is -2.47. The summed E-state index contributed by atoms with van der Waals surface area (Å²) >= 11 is 0. The van der Waals surface area contributed by atoms with Crippen LogP contribution in [-0.2, 0) is 50.2 Å². The number of nitrogens with zero attached hydrogens (tertiary/aromatic N) is 10. The molecule has 7 heterocycles. The maximum absolute atomic E-state index is 13.9. The van der Waals surface area contributed by atoms with E-state index in [-0.39, 0.29) is 79.6 Å². The Morgan fingerprint density at radius 3 is 2.42 bits per heavy atom. The van der Waals surface area contributed by atoms with Gasteiger partial charge in [0.05, 0.1) is 55.1 Å². The lowest BCUT2D eigenvalue weighted by Gasteiger charge is -2.47. The third-order valence-corrected chi connectivity index (χ3v) is 15.5. The lowest BCUT2D eigenvalue weighted by atomic mass is 9.71. The van der Waals surface area contributed by atoms with Gasteiger partial charge in [-0.3, -0.25) is 24.3 Å². The lowest BCUT2D eigenvalue weighted by molar-refractivity contribution is -0.137. The second-order valence-corrected chi connectivity index (χ2v) is 21.2. The normalized spacial score (nSPS) is 20.4. The van der Waals surface area contributed by atoms with Gasteiger partial charge in [-0.25, -0.2) is 22.7 Å². The predicted molar refractivity (Wildman–Crippen MR) is 242 cm³/mol. The van der Waals surface area contributed by atoms with Crippen molar-refractivity contribution in [2.75, 3.05) is 68.4 Å². The largest absolute Gasteiger partial charge is 0.419 e. The highest BCUT2D eigenvalue weighted by molar-refractivity contribution is 7.89. The van der Waals surface area contributed by atoms with E-state index in [2.05, 4.69) is 57.9 Å². The number of halogens is 3. The summed E-state index contributed by atoms with van der Waals surface area (Å²) in [5.74, 6) is -0.771. The summed E-state index contributed by atoms with van der Waals surface area (Å²) in [6.45, 7) is 9.75. The molecule has 0 bridgehead atoms. The molecule has 364 valence electrons. The van der Waals surface area contributed by atoms with Crippen molar-refractivity contribution in [1.29, 1.82) is 0 Å². The smallest absolute Gasteiger partial charge is 0.389 e. The number of rotatable bonds is 17. The van der Waals surface area contributed by atoms with Crippen LogP contribution < -0.4 is 15.5 Å². The minimum atomic E-state index is -4.71. The topological polar surface area (TPSA) is 206 Å². The Hall–Kier alpha value is -5.03. The quantitative estimate of drug-likeness (QED) is 0.0990. The van der Waals surface area contributed by atoms with Crippen LogP contribution in [0.25, 0.3) is 11.3 Å². The first kappa shape index (κ1) is 48.4. The SMILES string of the molecule is CC(C)(O)Cn1cc(-c2nc(NC3CCN(S(=O)(=O)CCCOCc4cn(CCN5CCC6(CC5)CCN(c5cccc(C7CCC(=O)NC7=O)c5)CC6)nn4)CC3)ncc2C(F)(F)F)cn1. The van der Waals surface area contributed by atoms with Crippen molar-refractivity contribution in [3.8, 4) is 11.3 Å². The molecule has 18 nitrogen and oxygen atoms in total. The van der Waals surface area contributed by atoms with Crippen LogP contribution in [0.2, 0.25) is 0 Å². The molecule has 8 rings (SSSR count). The monoisotopic (exact) mass is 954 g/mol. The molecule has 4 saturated heterocycles. The van der Waals surface area contributed by atoms with Crippen molar-refractivity contribution in [1.82, 2.24) is 49.3 Å². The highest BCUT2D eigenvalue weighted by atomic mass is 32.2. The van der Waals surface area contributed by atoms with Crippen LogP contribution in [0.3, 0.4) is 0 Å². The number of alkyl halides is 3. The summed E-state index contributed by atoms with van der Waals surface area (Å²) in [4.78, 5) is 37.1. The van der Waals surface area contributed by atoms with Crippen LogP contribution in [0.4, 0.5) is 24.8 Å². The third-order valence-electron chi connectivity index (χ3n) is 13.5. The predicted octanol–water partition coefficient (Wildman–Crippen LogP) is 4.44. The number of carbonyl (C=O) groups is 2. The molecule has 4 aromatic rings. The molecule has 1 spiro atoms. The highest BCUT2D eigenvalue weighted by Crippen LogP contribution is 2.43. The summed E-state index contributed by atoms with van der Waals surface area (Å²) in [6, 6.07) is 7.99. The Bertz CT molecular complexity index is 2450. The minimum Gasteiger partial charge on any atom is -0.389 e. The maximum Gasteiger partial charge on any atom is 0.419 e. The van der Waals surface area contributed by atoms with Gasteiger partial charge in [0.1, 0.15) is 11.3 Å². The van der Waals surface area contributed by atoms with E-state index in [1.807, 2.05) is 23.0 Å². The fourth-order valence-electron chi connectivity index (χ4n) is 9.66. The maximum atomic E-state index is 13.9. The van der Waals surface area contributed by atoms with Gasteiger partial charge in [0.25, 0.3) is 0 Å². The molecule has 3 N–H and O–H groups in total. The fraction of sp³-hybridized carbons (Fsp3) is 0.622. The molecule has 3 aromatic heterocycles. The zero-order valence-corrected chi connectivity index (χ0v) is 38.9. The van der Waals surface area contributed by atoms with E-state index in [1.165, 1.54) is 21.4 Å². The van der Waals surface area contributed by atoms with Gasteiger partial charge in [-0.15, -0.1) is 5.10 Å². The van der Waals surface area contributed by atoms with E-state index in [1.54, 1.807) is 13.8 Å². The number of nitrogens with one attached hydrogen (secondary N) is 2. The minimum absolute atomic E-state index is 0.00373. The molecule has 4 aliphatic rings. The first-order valence-electron chi connectivity index (χ1n) is 23.2. The van der Waals surface area contributed by atoms with E-state index < -0.39 is 27.4 Å². The number of piperidine rings is 4. The molecule has 1 unspecified atom stereocenters. The Labute approximate surface area is 388 Å². The number of hydrogen-bond acceptors (Lipinski definition) is 14. The van der Waals surface area contributed by atoms with Crippen LogP contribution in [0.1, 0.15) is 94.4 Å². The van der Waals surface area contributed by atoms with Crippen LogP contribution in [0.15, 0.2) is 49.1 Å². The molecular formula is C45H61F3N12O6S. The number of ether oxygens (including phenoxy) is 1. The van der Waals surface area contributed by atoms with Crippen LogP contribution >= 0.6 is 0 Å². The molecule has 0 saturated carbocycles. The first-order valence-corrected chi connectivity index (χ1v) is 24.8. The second-order valence-electron chi connectivity index (χ2n) is 19.1. The van der Waals surface area contributed by atoms with Crippen LogP contribution in [0.5, 0.6) is 0 Å². The van der Waals surface area contributed by atoms with Gasteiger partial charge < -0.3 is 25.0 Å². The summed E-state index contributed by atoms with van der Waals surface area (Å²) in [5, 5.41) is 28.3. The number of amides is 2. The van der Waals surface area contributed by atoms with Crippen LogP contribution in [0, 0.1) is 5.41 Å². The second kappa shape index (κ2) is 20.3. The number of aromatic nitrogens is 7. The molecule has 1 aromatic carbocycles. The van der Waals surface area contributed by atoms with Gasteiger partial charge in [0.2, 0.25) is 27.8 Å². The molecular weight excluding hydrogens is 894 g/mol.